The molecule has 0 amide bonds. The zero-order valence-electron chi connectivity index (χ0n) is 54.1. The predicted molar refractivity (Wildman–Crippen MR) is 349 cm³/mol. The second-order valence-corrected chi connectivity index (χ2v) is 24.5. The standard InChI is InChI=1S/C74H138O6/c1-4-7-10-13-16-19-22-25-28-31-34-36-38-40-43-46-49-52-55-58-61-64-67-73(76)79-70-71(69-78-72(75)66-63-60-57-54-51-48-45-42-39-33-30-27-24-21-18-15-12-9-6-3)80-74(77)68-65-62-59-56-53-50-47-44-41-37-35-32-29-26-23-20-17-14-11-8-5-2/h18,21,27,30,32,35,71H,4-17,19-20,22-26,28-29,31,33-34,36-70H2,1-3H3/b21-18-,30-27-,35-32-. The van der Waals surface area contributed by atoms with Crippen LogP contribution in [0.4, 0.5) is 0 Å². The Morgan fingerprint density at radius 1 is 0.250 bits per heavy atom. The van der Waals surface area contributed by atoms with Gasteiger partial charge < -0.3 is 14.2 Å². The number of rotatable bonds is 67. The first kappa shape index (κ1) is 77.6. The van der Waals surface area contributed by atoms with Crippen molar-refractivity contribution in [2.75, 3.05) is 13.2 Å². The number of hydrogen-bond donors (Lipinski definition) is 0. The fourth-order valence-electron chi connectivity index (χ4n) is 10.9. The monoisotopic (exact) mass is 1120 g/mol. The summed E-state index contributed by atoms with van der Waals surface area (Å²) < 4.78 is 17.0. The Hall–Kier alpha value is -2.37. The second kappa shape index (κ2) is 69.1. The van der Waals surface area contributed by atoms with Crippen LogP contribution < -0.4 is 0 Å². The Kier molecular flexibility index (Phi) is 67.1. The summed E-state index contributed by atoms with van der Waals surface area (Å²) in [4.78, 5) is 38.5. The van der Waals surface area contributed by atoms with E-state index in [0.29, 0.717) is 19.3 Å². The normalized spacial score (nSPS) is 12.2. The lowest BCUT2D eigenvalue weighted by molar-refractivity contribution is -0.167. The Morgan fingerprint density at radius 2 is 0.450 bits per heavy atom. The first-order valence-corrected chi connectivity index (χ1v) is 36.0. The van der Waals surface area contributed by atoms with Crippen molar-refractivity contribution in [1.29, 1.82) is 0 Å². The summed E-state index contributed by atoms with van der Waals surface area (Å²) in [7, 11) is 0. The van der Waals surface area contributed by atoms with Gasteiger partial charge in [-0.3, -0.25) is 14.4 Å². The minimum absolute atomic E-state index is 0.0691. The van der Waals surface area contributed by atoms with E-state index in [2.05, 4.69) is 57.2 Å². The van der Waals surface area contributed by atoms with Gasteiger partial charge in [0.2, 0.25) is 0 Å². The third kappa shape index (κ3) is 66.4. The molecule has 0 radical (unpaired) electrons. The molecule has 0 rings (SSSR count). The summed E-state index contributed by atoms with van der Waals surface area (Å²) in [6.45, 7) is 6.69. The molecular weight excluding hydrogens is 985 g/mol. The van der Waals surface area contributed by atoms with Gasteiger partial charge in [-0.15, -0.1) is 0 Å². The molecule has 0 aromatic rings. The number of hydrogen-bond acceptors (Lipinski definition) is 6. The average molecular weight is 1120 g/mol. The van der Waals surface area contributed by atoms with Crippen LogP contribution in [-0.4, -0.2) is 37.2 Å². The molecule has 0 aliphatic rings. The lowest BCUT2D eigenvalue weighted by atomic mass is 10.0. The van der Waals surface area contributed by atoms with Gasteiger partial charge in [0.05, 0.1) is 0 Å². The molecule has 0 saturated carbocycles. The molecule has 1 unspecified atom stereocenters. The highest BCUT2D eigenvalue weighted by Gasteiger charge is 2.19. The molecule has 0 aliphatic carbocycles. The fraction of sp³-hybridized carbons (Fsp3) is 0.878. The van der Waals surface area contributed by atoms with Crippen LogP contribution in [0.1, 0.15) is 400 Å². The molecule has 0 aromatic heterocycles. The van der Waals surface area contributed by atoms with Crippen LogP contribution in [0.15, 0.2) is 36.5 Å². The molecule has 470 valence electrons. The van der Waals surface area contributed by atoms with Crippen molar-refractivity contribution in [3.05, 3.63) is 36.5 Å². The predicted octanol–water partition coefficient (Wildman–Crippen LogP) is 24.7. The largest absolute Gasteiger partial charge is 0.462 e. The zero-order chi connectivity index (χ0) is 57.8. The summed E-state index contributed by atoms with van der Waals surface area (Å²) in [5.74, 6) is -0.844. The van der Waals surface area contributed by atoms with Gasteiger partial charge in [-0.05, 0) is 77.0 Å². The van der Waals surface area contributed by atoms with Crippen LogP contribution >= 0.6 is 0 Å². The topological polar surface area (TPSA) is 78.9 Å². The van der Waals surface area contributed by atoms with Crippen molar-refractivity contribution < 1.29 is 28.6 Å². The third-order valence-electron chi connectivity index (χ3n) is 16.4. The van der Waals surface area contributed by atoms with Crippen molar-refractivity contribution in [3.63, 3.8) is 0 Å². The summed E-state index contributed by atoms with van der Waals surface area (Å²) >= 11 is 0. The summed E-state index contributed by atoms with van der Waals surface area (Å²) in [5.41, 5.74) is 0. The highest BCUT2D eigenvalue weighted by Crippen LogP contribution is 2.18. The molecule has 0 spiro atoms. The minimum Gasteiger partial charge on any atom is -0.462 e. The molecule has 0 saturated heterocycles. The molecule has 80 heavy (non-hydrogen) atoms. The van der Waals surface area contributed by atoms with E-state index in [9.17, 15) is 14.4 Å². The molecule has 0 N–H and O–H groups in total. The van der Waals surface area contributed by atoms with E-state index in [4.69, 9.17) is 14.2 Å². The Labute approximate surface area is 499 Å². The van der Waals surface area contributed by atoms with Gasteiger partial charge in [-0.2, -0.15) is 0 Å². The Bertz CT molecular complexity index is 1340. The quantitative estimate of drug-likeness (QED) is 0.0261. The number of unbranched alkanes of at least 4 members (excludes halogenated alkanes) is 50. The molecule has 0 bridgehead atoms. The van der Waals surface area contributed by atoms with Gasteiger partial charge in [-0.1, -0.05) is 340 Å². The summed E-state index contributed by atoms with van der Waals surface area (Å²) in [6, 6.07) is 0. The summed E-state index contributed by atoms with van der Waals surface area (Å²) in [5, 5.41) is 0. The molecule has 1 atom stereocenters. The molecule has 0 aromatic carbocycles. The van der Waals surface area contributed by atoms with Gasteiger partial charge >= 0.3 is 17.9 Å². The van der Waals surface area contributed by atoms with Crippen LogP contribution in [0.2, 0.25) is 0 Å². The maximum absolute atomic E-state index is 13.0. The Morgan fingerprint density at radius 3 is 0.725 bits per heavy atom. The first-order chi connectivity index (χ1) is 39.5. The van der Waals surface area contributed by atoms with Gasteiger partial charge in [0.15, 0.2) is 6.10 Å². The van der Waals surface area contributed by atoms with Crippen LogP contribution in [0.3, 0.4) is 0 Å². The fourth-order valence-corrected chi connectivity index (χ4v) is 10.9. The van der Waals surface area contributed by atoms with Crippen molar-refractivity contribution in [3.8, 4) is 0 Å². The SMILES string of the molecule is CCCCC/C=C\C/C=C\CCCCCCCCCCCC(=O)OCC(COC(=O)CCCCCCCCCCCCCCCCCCCCCCCC)OC(=O)CCCCCCCCCCC/C=C\CCCCCCCCCC. The average Bonchev–Trinajstić information content (AvgIpc) is 3.46. The number of carbonyl (C=O) groups excluding carboxylic acids is 3. The number of ether oxygens (including phenoxy) is 3. The lowest BCUT2D eigenvalue weighted by Gasteiger charge is -2.18. The molecule has 0 fully saturated rings. The van der Waals surface area contributed by atoms with Crippen LogP contribution in [0.25, 0.3) is 0 Å². The van der Waals surface area contributed by atoms with Crippen molar-refractivity contribution in [2.24, 2.45) is 0 Å². The number of carbonyl (C=O) groups is 3. The van der Waals surface area contributed by atoms with E-state index < -0.39 is 6.10 Å². The van der Waals surface area contributed by atoms with Crippen LogP contribution in [0, 0.1) is 0 Å². The van der Waals surface area contributed by atoms with Crippen LogP contribution in [-0.2, 0) is 28.6 Å². The maximum atomic E-state index is 13.0. The first-order valence-electron chi connectivity index (χ1n) is 36.0. The van der Waals surface area contributed by atoms with E-state index in [0.717, 1.165) is 64.2 Å². The summed E-state index contributed by atoms with van der Waals surface area (Å²) in [6.07, 6.45) is 86.0. The third-order valence-corrected chi connectivity index (χ3v) is 16.4. The zero-order valence-corrected chi connectivity index (χ0v) is 54.1. The minimum atomic E-state index is -0.774. The van der Waals surface area contributed by atoms with Gasteiger partial charge in [0.25, 0.3) is 0 Å². The van der Waals surface area contributed by atoms with E-state index >= 15 is 0 Å². The second-order valence-electron chi connectivity index (χ2n) is 24.5. The molecule has 6 nitrogen and oxygen atoms in total. The molecule has 0 heterocycles. The van der Waals surface area contributed by atoms with Gasteiger partial charge in [0.1, 0.15) is 13.2 Å². The molecular formula is C74H138O6. The van der Waals surface area contributed by atoms with Gasteiger partial charge in [-0.25, -0.2) is 0 Å². The van der Waals surface area contributed by atoms with Crippen molar-refractivity contribution in [1.82, 2.24) is 0 Å². The Balaban J connectivity index is 4.32. The van der Waals surface area contributed by atoms with Crippen molar-refractivity contribution >= 4 is 17.9 Å². The lowest BCUT2D eigenvalue weighted by Crippen LogP contribution is -2.30. The smallest absolute Gasteiger partial charge is 0.306 e. The highest BCUT2D eigenvalue weighted by atomic mass is 16.6. The van der Waals surface area contributed by atoms with Crippen LogP contribution in [0.5, 0.6) is 0 Å². The van der Waals surface area contributed by atoms with E-state index in [-0.39, 0.29) is 31.1 Å². The van der Waals surface area contributed by atoms with Gasteiger partial charge in [0, 0.05) is 19.3 Å². The van der Waals surface area contributed by atoms with Crippen molar-refractivity contribution in [2.45, 2.75) is 406 Å². The number of allylic oxidation sites excluding steroid dienone is 6. The maximum Gasteiger partial charge on any atom is 0.306 e. The number of esters is 3. The van der Waals surface area contributed by atoms with E-state index in [1.807, 2.05) is 0 Å². The van der Waals surface area contributed by atoms with E-state index in [1.165, 1.54) is 295 Å². The molecule has 0 aliphatic heterocycles. The molecule has 6 heteroatoms. The highest BCUT2D eigenvalue weighted by molar-refractivity contribution is 5.71. The van der Waals surface area contributed by atoms with E-state index in [1.54, 1.807) is 0 Å².